The fourth-order valence-corrected chi connectivity index (χ4v) is 1.63. The summed E-state index contributed by atoms with van der Waals surface area (Å²) in [7, 11) is 5.63. The molecule has 3 heteroatoms. The third-order valence-electron chi connectivity index (χ3n) is 2.63. The lowest BCUT2D eigenvalue weighted by molar-refractivity contribution is 0.379. The number of methoxy groups -OCH3 is 1. The number of nitrogens with zero attached hydrogens (tertiary/aromatic N) is 1. The van der Waals surface area contributed by atoms with Gasteiger partial charge >= 0.3 is 0 Å². The molecule has 0 spiro atoms. The van der Waals surface area contributed by atoms with Gasteiger partial charge in [0, 0.05) is 25.8 Å². The molecule has 0 N–H and O–H groups in total. The Kier molecular flexibility index (Phi) is 3.72. The van der Waals surface area contributed by atoms with Gasteiger partial charge in [0.1, 0.15) is 5.75 Å². The van der Waals surface area contributed by atoms with Gasteiger partial charge in [-0.05, 0) is 24.3 Å². The van der Waals surface area contributed by atoms with Crippen molar-refractivity contribution in [1.82, 2.24) is 0 Å². The Labute approximate surface area is 108 Å². The molecule has 0 bridgehead atoms. The summed E-state index contributed by atoms with van der Waals surface area (Å²) in [6.45, 7) is 0. The number of benzene rings is 2. The summed E-state index contributed by atoms with van der Waals surface area (Å²) in [6.07, 6.45) is 0. The van der Waals surface area contributed by atoms with Crippen molar-refractivity contribution in [2.24, 2.45) is 0 Å². The minimum Gasteiger partial charge on any atom is -0.493 e. The first-order valence-corrected chi connectivity index (χ1v) is 5.79. The van der Waals surface area contributed by atoms with Crippen molar-refractivity contribution in [3.63, 3.8) is 0 Å². The van der Waals surface area contributed by atoms with Crippen molar-refractivity contribution in [1.29, 1.82) is 0 Å². The number of rotatable bonds is 4. The van der Waals surface area contributed by atoms with E-state index in [1.807, 2.05) is 67.5 Å². The van der Waals surface area contributed by atoms with Gasteiger partial charge in [-0.3, -0.25) is 0 Å². The van der Waals surface area contributed by atoms with E-state index in [9.17, 15) is 0 Å². The van der Waals surface area contributed by atoms with E-state index in [-0.39, 0.29) is 0 Å². The summed E-state index contributed by atoms with van der Waals surface area (Å²) >= 11 is 0. The van der Waals surface area contributed by atoms with Crippen LogP contribution in [0.4, 0.5) is 5.69 Å². The average Bonchev–Trinajstić information content (AvgIpc) is 2.40. The van der Waals surface area contributed by atoms with Crippen LogP contribution < -0.4 is 14.4 Å². The van der Waals surface area contributed by atoms with Crippen molar-refractivity contribution < 1.29 is 9.47 Å². The normalized spacial score (nSPS) is 9.94. The summed E-state index contributed by atoms with van der Waals surface area (Å²) in [5.41, 5.74) is 1.08. The molecular weight excluding hydrogens is 226 g/mol. The maximum Gasteiger partial charge on any atom is 0.169 e. The highest BCUT2D eigenvalue weighted by atomic mass is 16.5. The predicted molar refractivity (Wildman–Crippen MR) is 73.8 cm³/mol. The van der Waals surface area contributed by atoms with Crippen LogP contribution in [0.1, 0.15) is 0 Å². The second kappa shape index (κ2) is 5.45. The van der Waals surface area contributed by atoms with E-state index in [0.717, 1.165) is 17.2 Å². The average molecular weight is 243 g/mol. The second-order valence-corrected chi connectivity index (χ2v) is 4.14. The van der Waals surface area contributed by atoms with Gasteiger partial charge in [-0.1, -0.05) is 18.2 Å². The van der Waals surface area contributed by atoms with Crippen molar-refractivity contribution >= 4 is 5.69 Å². The van der Waals surface area contributed by atoms with Crippen LogP contribution in [0, 0.1) is 0 Å². The number of anilines is 1. The highest BCUT2D eigenvalue weighted by Crippen LogP contribution is 2.34. The Morgan fingerprint density at radius 1 is 0.889 bits per heavy atom. The Balaban J connectivity index is 2.28. The highest BCUT2D eigenvalue weighted by molar-refractivity contribution is 5.56. The third-order valence-corrected chi connectivity index (χ3v) is 2.63. The van der Waals surface area contributed by atoms with Crippen molar-refractivity contribution in [2.45, 2.75) is 0 Å². The maximum absolute atomic E-state index is 5.79. The molecule has 0 atom stereocenters. The lowest BCUT2D eigenvalue weighted by Crippen LogP contribution is -2.08. The molecule has 0 heterocycles. The summed E-state index contributed by atoms with van der Waals surface area (Å²) in [5, 5.41) is 0. The summed E-state index contributed by atoms with van der Waals surface area (Å²) in [4.78, 5) is 2.02. The number of ether oxygens (including phenoxy) is 2. The van der Waals surface area contributed by atoms with Crippen molar-refractivity contribution in [3.05, 3.63) is 48.5 Å². The smallest absolute Gasteiger partial charge is 0.169 e. The zero-order valence-corrected chi connectivity index (χ0v) is 10.9. The number of para-hydroxylation sites is 1. The standard InChI is InChI=1S/C15H17NO2/c1-16(2)12-9-10-14(15(11-12)17-3)18-13-7-5-4-6-8-13/h4-11H,1-3H3. The van der Waals surface area contributed by atoms with Gasteiger partial charge in [0.15, 0.2) is 11.5 Å². The van der Waals surface area contributed by atoms with E-state index < -0.39 is 0 Å². The van der Waals surface area contributed by atoms with E-state index in [2.05, 4.69) is 0 Å². The first-order valence-electron chi connectivity index (χ1n) is 5.79. The van der Waals surface area contributed by atoms with Gasteiger partial charge in [0.05, 0.1) is 7.11 Å². The molecule has 0 amide bonds. The SMILES string of the molecule is COc1cc(N(C)C)ccc1Oc1ccccc1. The summed E-state index contributed by atoms with van der Waals surface area (Å²) < 4.78 is 11.1. The van der Waals surface area contributed by atoms with E-state index in [1.54, 1.807) is 7.11 Å². The van der Waals surface area contributed by atoms with Crippen LogP contribution >= 0.6 is 0 Å². The molecule has 0 unspecified atom stereocenters. The lowest BCUT2D eigenvalue weighted by Gasteiger charge is -2.16. The van der Waals surface area contributed by atoms with Gasteiger partial charge in [-0.25, -0.2) is 0 Å². The molecule has 0 aromatic heterocycles. The molecule has 94 valence electrons. The quantitative estimate of drug-likeness (QED) is 0.819. The van der Waals surface area contributed by atoms with E-state index >= 15 is 0 Å². The molecule has 3 nitrogen and oxygen atoms in total. The van der Waals surface area contributed by atoms with Crippen LogP contribution in [0.3, 0.4) is 0 Å². The van der Waals surface area contributed by atoms with Crippen LogP contribution in [0.15, 0.2) is 48.5 Å². The molecule has 2 aromatic rings. The van der Waals surface area contributed by atoms with Crippen LogP contribution in [0.2, 0.25) is 0 Å². The Morgan fingerprint density at radius 3 is 2.22 bits per heavy atom. The van der Waals surface area contributed by atoms with Crippen molar-refractivity contribution in [2.75, 3.05) is 26.1 Å². The molecule has 0 fully saturated rings. The molecule has 0 aliphatic heterocycles. The van der Waals surface area contributed by atoms with E-state index in [0.29, 0.717) is 5.75 Å². The largest absolute Gasteiger partial charge is 0.493 e. The minimum atomic E-state index is 0.717. The van der Waals surface area contributed by atoms with Crippen molar-refractivity contribution in [3.8, 4) is 17.2 Å². The zero-order valence-electron chi connectivity index (χ0n) is 10.9. The fourth-order valence-electron chi connectivity index (χ4n) is 1.63. The lowest BCUT2D eigenvalue weighted by atomic mass is 10.2. The van der Waals surface area contributed by atoms with Crippen LogP contribution in [-0.2, 0) is 0 Å². The maximum atomic E-state index is 5.79. The molecule has 0 saturated carbocycles. The predicted octanol–water partition coefficient (Wildman–Crippen LogP) is 3.55. The summed E-state index contributed by atoms with van der Waals surface area (Å²) in [6, 6.07) is 15.5. The van der Waals surface area contributed by atoms with Gasteiger partial charge in [0.2, 0.25) is 0 Å². The first-order chi connectivity index (χ1) is 8.70. The second-order valence-electron chi connectivity index (χ2n) is 4.14. The number of hydrogen-bond acceptors (Lipinski definition) is 3. The molecule has 0 saturated heterocycles. The number of hydrogen-bond donors (Lipinski definition) is 0. The third kappa shape index (κ3) is 2.74. The summed E-state index contributed by atoms with van der Waals surface area (Å²) in [5.74, 6) is 2.24. The Bertz CT molecular complexity index is 509. The van der Waals surface area contributed by atoms with Gasteiger partial charge < -0.3 is 14.4 Å². The topological polar surface area (TPSA) is 21.7 Å². The van der Waals surface area contributed by atoms with E-state index in [4.69, 9.17) is 9.47 Å². The minimum absolute atomic E-state index is 0.717. The monoisotopic (exact) mass is 243 g/mol. The van der Waals surface area contributed by atoms with Crippen LogP contribution in [0.5, 0.6) is 17.2 Å². The molecule has 0 radical (unpaired) electrons. The van der Waals surface area contributed by atoms with Crippen LogP contribution in [-0.4, -0.2) is 21.2 Å². The van der Waals surface area contributed by atoms with E-state index in [1.165, 1.54) is 0 Å². The molecule has 18 heavy (non-hydrogen) atoms. The van der Waals surface area contributed by atoms with Gasteiger partial charge in [-0.2, -0.15) is 0 Å². The first kappa shape index (κ1) is 12.3. The highest BCUT2D eigenvalue weighted by Gasteiger charge is 2.07. The molecule has 2 rings (SSSR count). The molecular formula is C15H17NO2. The molecule has 0 aliphatic rings. The fraction of sp³-hybridized carbons (Fsp3) is 0.200. The van der Waals surface area contributed by atoms with Crippen LogP contribution in [0.25, 0.3) is 0 Å². The van der Waals surface area contributed by atoms with Gasteiger partial charge in [-0.15, -0.1) is 0 Å². The molecule has 0 aliphatic carbocycles. The van der Waals surface area contributed by atoms with Gasteiger partial charge in [0.25, 0.3) is 0 Å². The molecule has 2 aromatic carbocycles. The Morgan fingerprint density at radius 2 is 1.61 bits per heavy atom. The zero-order chi connectivity index (χ0) is 13.0. The Hall–Kier alpha value is -2.16.